The average Bonchev–Trinajstić information content (AvgIpc) is 3.26. The van der Waals surface area contributed by atoms with Gasteiger partial charge >= 0.3 is 0 Å². The molecule has 5 aromatic rings. The number of anilines is 1. The maximum Gasteiger partial charge on any atom is 0.255 e. The largest absolute Gasteiger partial charge is 0.322 e. The second-order valence-electron chi connectivity index (χ2n) is 7.51. The summed E-state index contributed by atoms with van der Waals surface area (Å²) in [5.74, 6) is -0.118. The lowest BCUT2D eigenvalue weighted by Crippen LogP contribution is -2.11. The summed E-state index contributed by atoms with van der Waals surface area (Å²) < 4.78 is 0. The third-order valence-electron chi connectivity index (χ3n) is 5.16. The molecule has 0 atom stereocenters. The standard InChI is InChI=1S/C28H21N3OS/c32-28(21-10-5-2-6-11-21)29-22-12-7-13-23(18-22)33-24-15-16-25-26(30-31-27(25)19-24)17-14-20-8-3-1-4-9-20/h1-19H,(H,29,32)(H,30,31). The molecule has 5 rings (SSSR count). The monoisotopic (exact) mass is 447 g/mol. The van der Waals surface area contributed by atoms with Gasteiger partial charge in [-0.3, -0.25) is 9.89 Å². The lowest BCUT2D eigenvalue weighted by Gasteiger charge is -2.08. The SMILES string of the molecule is O=C(Nc1cccc(Sc2ccc3c(C=Cc4ccccc4)n[nH]c3c2)c1)c1ccccc1. The minimum absolute atomic E-state index is 0.118. The Morgan fingerprint density at radius 2 is 1.55 bits per heavy atom. The number of amides is 1. The van der Waals surface area contributed by atoms with Crippen molar-refractivity contribution in [2.45, 2.75) is 9.79 Å². The highest BCUT2D eigenvalue weighted by Crippen LogP contribution is 2.32. The van der Waals surface area contributed by atoms with E-state index in [1.807, 2.05) is 66.7 Å². The van der Waals surface area contributed by atoms with Crippen molar-refractivity contribution < 1.29 is 4.79 Å². The molecule has 1 aromatic heterocycles. The molecule has 0 aliphatic rings. The van der Waals surface area contributed by atoms with Gasteiger partial charge in [0.15, 0.2) is 0 Å². The van der Waals surface area contributed by atoms with Crippen LogP contribution >= 0.6 is 11.8 Å². The number of hydrogen-bond acceptors (Lipinski definition) is 3. The zero-order chi connectivity index (χ0) is 22.5. The molecular formula is C28H21N3OS. The van der Waals surface area contributed by atoms with Gasteiger partial charge < -0.3 is 5.32 Å². The molecule has 0 aliphatic carbocycles. The molecule has 0 saturated carbocycles. The Labute approximate surface area is 196 Å². The lowest BCUT2D eigenvalue weighted by atomic mass is 10.1. The van der Waals surface area contributed by atoms with E-state index in [1.165, 1.54) is 0 Å². The molecule has 33 heavy (non-hydrogen) atoms. The fourth-order valence-corrected chi connectivity index (χ4v) is 4.43. The highest BCUT2D eigenvalue weighted by Gasteiger charge is 2.08. The van der Waals surface area contributed by atoms with E-state index in [-0.39, 0.29) is 5.91 Å². The van der Waals surface area contributed by atoms with Crippen LogP contribution < -0.4 is 5.32 Å². The van der Waals surface area contributed by atoms with E-state index in [4.69, 9.17) is 0 Å². The molecule has 4 aromatic carbocycles. The molecule has 5 heteroatoms. The van der Waals surface area contributed by atoms with Crippen molar-refractivity contribution in [3.05, 3.63) is 120 Å². The number of benzene rings is 4. The van der Waals surface area contributed by atoms with Gasteiger partial charge in [0.05, 0.1) is 11.2 Å². The van der Waals surface area contributed by atoms with Crippen molar-refractivity contribution in [1.82, 2.24) is 10.2 Å². The third kappa shape index (κ3) is 5.05. The van der Waals surface area contributed by atoms with Crippen molar-refractivity contribution in [2.75, 3.05) is 5.32 Å². The highest BCUT2D eigenvalue weighted by atomic mass is 32.2. The summed E-state index contributed by atoms with van der Waals surface area (Å²) in [6.45, 7) is 0. The van der Waals surface area contributed by atoms with Gasteiger partial charge in [-0.2, -0.15) is 5.10 Å². The number of carbonyl (C=O) groups excluding carboxylic acids is 1. The van der Waals surface area contributed by atoms with E-state index in [2.05, 4.69) is 51.9 Å². The van der Waals surface area contributed by atoms with E-state index in [1.54, 1.807) is 23.9 Å². The average molecular weight is 448 g/mol. The molecule has 0 unspecified atom stereocenters. The lowest BCUT2D eigenvalue weighted by molar-refractivity contribution is 0.102. The highest BCUT2D eigenvalue weighted by molar-refractivity contribution is 7.99. The van der Waals surface area contributed by atoms with Crippen LogP contribution in [0.15, 0.2) is 113 Å². The van der Waals surface area contributed by atoms with Crippen LogP contribution in [-0.2, 0) is 0 Å². The second-order valence-corrected chi connectivity index (χ2v) is 8.66. The molecule has 0 bridgehead atoms. The second kappa shape index (κ2) is 9.59. The number of rotatable bonds is 6. The summed E-state index contributed by atoms with van der Waals surface area (Å²) in [5, 5.41) is 11.6. The first kappa shape index (κ1) is 20.8. The summed E-state index contributed by atoms with van der Waals surface area (Å²) in [6.07, 6.45) is 4.09. The van der Waals surface area contributed by atoms with Gasteiger partial charge in [0, 0.05) is 26.4 Å². The fraction of sp³-hybridized carbons (Fsp3) is 0. The Morgan fingerprint density at radius 1 is 0.788 bits per heavy atom. The van der Waals surface area contributed by atoms with Gasteiger partial charge in [0.1, 0.15) is 0 Å². The van der Waals surface area contributed by atoms with Crippen LogP contribution in [0.2, 0.25) is 0 Å². The number of aromatic amines is 1. The van der Waals surface area contributed by atoms with Crippen LogP contribution in [0.3, 0.4) is 0 Å². The number of carbonyl (C=O) groups is 1. The Morgan fingerprint density at radius 3 is 2.36 bits per heavy atom. The maximum atomic E-state index is 12.4. The molecule has 0 fully saturated rings. The van der Waals surface area contributed by atoms with E-state index in [0.29, 0.717) is 5.56 Å². The first-order valence-electron chi connectivity index (χ1n) is 10.6. The van der Waals surface area contributed by atoms with E-state index in [9.17, 15) is 4.79 Å². The van der Waals surface area contributed by atoms with E-state index < -0.39 is 0 Å². The molecule has 160 valence electrons. The number of hydrogen-bond donors (Lipinski definition) is 2. The topological polar surface area (TPSA) is 57.8 Å². The molecule has 1 amide bonds. The summed E-state index contributed by atoms with van der Waals surface area (Å²) in [5.41, 5.74) is 4.44. The van der Waals surface area contributed by atoms with Crippen LogP contribution in [-0.4, -0.2) is 16.1 Å². The molecule has 0 aliphatic heterocycles. The van der Waals surface area contributed by atoms with Gasteiger partial charge in [-0.05, 0) is 60.2 Å². The normalized spacial score (nSPS) is 11.2. The van der Waals surface area contributed by atoms with Crippen LogP contribution in [0.4, 0.5) is 5.69 Å². The molecule has 0 saturated heterocycles. The Balaban J connectivity index is 1.31. The Kier molecular flexibility index (Phi) is 6.04. The zero-order valence-electron chi connectivity index (χ0n) is 17.7. The molecule has 0 radical (unpaired) electrons. The Bertz CT molecular complexity index is 1430. The van der Waals surface area contributed by atoms with Crippen LogP contribution in [0.25, 0.3) is 23.1 Å². The first-order valence-corrected chi connectivity index (χ1v) is 11.4. The third-order valence-corrected chi connectivity index (χ3v) is 6.14. The minimum Gasteiger partial charge on any atom is -0.322 e. The summed E-state index contributed by atoms with van der Waals surface area (Å²) in [7, 11) is 0. The van der Waals surface area contributed by atoms with Crippen LogP contribution in [0, 0.1) is 0 Å². The number of nitrogens with zero attached hydrogens (tertiary/aromatic N) is 1. The minimum atomic E-state index is -0.118. The Hall–Kier alpha value is -4.09. The van der Waals surface area contributed by atoms with Crippen molar-refractivity contribution in [3.63, 3.8) is 0 Å². The first-order chi connectivity index (χ1) is 16.2. The van der Waals surface area contributed by atoms with Gasteiger partial charge in [-0.15, -0.1) is 0 Å². The molecule has 2 N–H and O–H groups in total. The van der Waals surface area contributed by atoms with Gasteiger partial charge in [-0.1, -0.05) is 72.4 Å². The van der Waals surface area contributed by atoms with Crippen molar-refractivity contribution in [3.8, 4) is 0 Å². The smallest absolute Gasteiger partial charge is 0.255 e. The number of nitrogens with one attached hydrogen (secondary N) is 2. The summed E-state index contributed by atoms with van der Waals surface area (Å²) in [4.78, 5) is 14.6. The predicted octanol–water partition coefficient (Wildman–Crippen LogP) is 7.14. The van der Waals surface area contributed by atoms with Crippen molar-refractivity contribution in [1.29, 1.82) is 0 Å². The number of H-pyrrole nitrogens is 1. The molecule has 1 heterocycles. The predicted molar refractivity (Wildman–Crippen MR) is 136 cm³/mol. The van der Waals surface area contributed by atoms with E-state index in [0.717, 1.165) is 37.6 Å². The zero-order valence-corrected chi connectivity index (χ0v) is 18.5. The number of aromatic nitrogens is 2. The molecule has 0 spiro atoms. The van der Waals surface area contributed by atoms with Gasteiger partial charge in [0.2, 0.25) is 0 Å². The maximum absolute atomic E-state index is 12.4. The number of fused-ring (bicyclic) bond motifs is 1. The summed E-state index contributed by atoms with van der Waals surface area (Å²) >= 11 is 1.64. The van der Waals surface area contributed by atoms with Crippen molar-refractivity contribution in [2.24, 2.45) is 0 Å². The van der Waals surface area contributed by atoms with E-state index >= 15 is 0 Å². The fourth-order valence-electron chi connectivity index (χ4n) is 3.52. The molecule has 4 nitrogen and oxygen atoms in total. The van der Waals surface area contributed by atoms with Crippen molar-refractivity contribution >= 4 is 46.4 Å². The quantitative estimate of drug-likeness (QED) is 0.291. The summed E-state index contributed by atoms with van der Waals surface area (Å²) in [6, 6.07) is 33.5. The van der Waals surface area contributed by atoms with Crippen LogP contribution in [0.5, 0.6) is 0 Å². The van der Waals surface area contributed by atoms with Gasteiger partial charge in [-0.25, -0.2) is 0 Å². The van der Waals surface area contributed by atoms with Gasteiger partial charge in [0.25, 0.3) is 5.91 Å². The molecular weight excluding hydrogens is 426 g/mol. The van der Waals surface area contributed by atoms with Crippen LogP contribution in [0.1, 0.15) is 21.6 Å².